The summed E-state index contributed by atoms with van der Waals surface area (Å²) in [5, 5.41) is 3.68. The second kappa shape index (κ2) is 6.22. The summed E-state index contributed by atoms with van der Waals surface area (Å²) < 4.78 is 5.56. The van der Waals surface area contributed by atoms with Crippen LogP contribution in [0.25, 0.3) is 11.3 Å². The molecule has 3 aromatic rings. The van der Waals surface area contributed by atoms with Crippen molar-refractivity contribution in [1.82, 2.24) is 4.98 Å². The van der Waals surface area contributed by atoms with Gasteiger partial charge in [-0.1, -0.05) is 29.3 Å². The fourth-order valence-corrected chi connectivity index (χ4v) is 2.29. The first-order valence-electron chi connectivity index (χ1n) is 6.41. The molecule has 0 saturated heterocycles. The van der Waals surface area contributed by atoms with Gasteiger partial charge in [0.2, 0.25) is 0 Å². The van der Waals surface area contributed by atoms with Gasteiger partial charge in [-0.05, 0) is 42.5 Å². The zero-order valence-electron chi connectivity index (χ0n) is 11.2. The summed E-state index contributed by atoms with van der Waals surface area (Å²) in [7, 11) is 0. The topological polar surface area (TPSA) is 55.1 Å². The van der Waals surface area contributed by atoms with Crippen LogP contribution in [-0.2, 0) is 0 Å². The number of anilines is 1. The Hall–Kier alpha value is -2.30. The molecule has 0 spiro atoms. The first kappa shape index (κ1) is 14.6. The van der Waals surface area contributed by atoms with E-state index in [9.17, 15) is 4.79 Å². The van der Waals surface area contributed by atoms with E-state index in [-0.39, 0.29) is 11.7 Å². The van der Waals surface area contributed by atoms with E-state index < -0.39 is 0 Å². The highest BCUT2D eigenvalue weighted by atomic mass is 35.5. The summed E-state index contributed by atoms with van der Waals surface area (Å²) in [4.78, 5) is 16.1. The van der Waals surface area contributed by atoms with Crippen LogP contribution in [0.5, 0.6) is 0 Å². The first-order chi connectivity index (χ1) is 10.6. The second-order valence-electron chi connectivity index (χ2n) is 4.46. The third-order valence-corrected chi connectivity index (χ3v) is 3.49. The quantitative estimate of drug-likeness (QED) is 0.742. The van der Waals surface area contributed by atoms with Crippen molar-refractivity contribution >= 4 is 34.9 Å². The number of rotatable bonds is 3. The van der Waals surface area contributed by atoms with Gasteiger partial charge in [-0.2, -0.15) is 0 Å². The average Bonchev–Trinajstić information content (AvgIpc) is 3.00. The van der Waals surface area contributed by atoms with Crippen LogP contribution in [0, 0.1) is 0 Å². The third-order valence-electron chi connectivity index (χ3n) is 2.93. The Kier molecular flexibility index (Phi) is 4.13. The van der Waals surface area contributed by atoms with Crippen molar-refractivity contribution in [2.75, 3.05) is 5.32 Å². The monoisotopic (exact) mass is 332 g/mol. The van der Waals surface area contributed by atoms with E-state index in [1.165, 1.54) is 0 Å². The molecule has 0 saturated carbocycles. The van der Waals surface area contributed by atoms with Crippen molar-refractivity contribution in [1.29, 1.82) is 0 Å². The number of carbonyl (C=O) groups is 1. The maximum absolute atomic E-state index is 12.1. The number of nitrogens with one attached hydrogen (secondary N) is 1. The summed E-state index contributed by atoms with van der Waals surface area (Å²) in [6.07, 6.45) is 1.59. The van der Waals surface area contributed by atoms with Gasteiger partial charge in [0.05, 0.1) is 5.02 Å². The number of furan rings is 1. The van der Waals surface area contributed by atoms with Crippen LogP contribution < -0.4 is 5.32 Å². The first-order valence-corrected chi connectivity index (χ1v) is 7.17. The van der Waals surface area contributed by atoms with E-state index in [1.807, 2.05) is 0 Å². The van der Waals surface area contributed by atoms with E-state index >= 15 is 0 Å². The molecule has 0 unspecified atom stereocenters. The van der Waals surface area contributed by atoms with E-state index in [0.717, 1.165) is 0 Å². The molecule has 0 atom stereocenters. The minimum Gasteiger partial charge on any atom is -0.451 e. The summed E-state index contributed by atoms with van der Waals surface area (Å²) in [6, 6.07) is 13.5. The Balaban J connectivity index is 1.84. The smallest absolute Gasteiger partial charge is 0.292 e. The van der Waals surface area contributed by atoms with Crippen LogP contribution in [-0.4, -0.2) is 10.9 Å². The van der Waals surface area contributed by atoms with Gasteiger partial charge in [-0.3, -0.25) is 4.79 Å². The molecule has 1 N–H and O–H groups in total. The van der Waals surface area contributed by atoms with Crippen LogP contribution in [0.1, 0.15) is 10.6 Å². The lowest BCUT2D eigenvalue weighted by molar-refractivity contribution is 0.0997. The number of benzene rings is 1. The number of carbonyl (C=O) groups excluding carboxylic acids is 1. The van der Waals surface area contributed by atoms with Gasteiger partial charge in [0.1, 0.15) is 11.6 Å². The molecule has 4 nitrogen and oxygen atoms in total. The van der Waals surface area contributed by atoms with Crippen LogP contribution in [0.15, 0.2) is 59.1 Å². The third kappa shape index (κ3) is 3.13. The Morgan fingerprint density at radius 1 is 1.09 bits per heavy atom. The normalized spacial score (nSPS) is 10.5. The zero-order valence-corrected chi connectivity index (χ0v) is 12.7. The lowest BCUT2D eigenvalue weighted by Gasteiger charge is -2.03. The lowest BCUT2D eigenvalue weighted by atomic mass is 10.2. The number of nitrogens with zero attached hydrogens (tertiary/aromatic N) is 1. The fraction of sp³-hybridized carbons (Fsp3) is 0. The summed E-state index contributed by atoms with van der Waals surface area (Å²) in [5.41, 5.74) is 0.631. The molecule has 1 aromatic carbocycles. The Bertz CT molecular complexity index is 816. The van der Waals surface area contributed by atoms with E-state index in [4.69, 9.17) is 27.6 Å². The van der Waals surface area contributed by atoms with Gasteiger partial charge < -0.3 is 9.73 Å². The molecular weight excluding hydrogens is 323 g/mol. The average molecular weight is 333 g/mol. The molecule has 0 aliphatic heterocycles. The van der Waals surface area contributed by atoms with Gasteiger partial charge in [-0.15, -0.1) is 0 Å². The number of hydrogen-bond donors (Lipinski definition) is 1. The van der Waals surface area contributed by atoms with Gasteiger partial charge in [0, 0.05) is 16.8 Å². The molecule has 0 fully saturated rings. The van der Waals surface area contributed by atoms with Crippen molar-refractivity contribution in [3.8, 4) is 11.3 Å². The molecule has 22 heavy (non-hydrogen) atoms. The van der Waals surface area contributed by atoms with Gasteiger partial charge >= 0.3 is 0 Å². The molecule has 0 bridgehead atoms. The lowest BCUT2D eigenvalue weighted by Crippen LogP contribution is -2.11. The van der Waals surface area contributed by atoms with Gasteiger partial charge in [-0.25, -0.2) is 4.98 Å². The fourth-order valence-electron chi connectivity index (χ4n) is 1.91. The summed E-state index contributed by atoms with van der Waals surface area (Å²) >= 11 is 12.1. The highest BCUT2D eigenvalue weighted by molar-refractivity contribution is 6.35. The number of aromatic nitrogens is 1. The highest BCUT2D eigenvalue weighted by Gasteiger charge is 2.14. The highest BCUT2D eigenvalue weighted by Crippen LogP contribution is 2.31. The maximum atomic E-state index is 12.1. The predicted molar refractivity (Wildman–Crippen MR) is 86.4 cm³/mol. The molecule has 0 aliphatic rings. The molecule has 2 heterocycles. The van der Waals surface area contributed by atoms with Crippen molar-refractivity contribution in [3.63, 3.8) is 0 Å². The zero-order chi connectivity index (χ0) is 15.5. The Morgan fingerprint density at radius 2 is 1.95 bits per heavy atom. The van der Waals surface area contributed by atoms with Crippen LogP contribution in [0.4, 0.5) is 5.82 Å². The Morgan fingerprint density at radius 3 is 2.73 bits per heavy atom. The van der Waals surface area contributed by atoms with Gasteiger partial charge in [0.25, 0.3) is 5.91 Å². The maximum Gasteiger partial charge on any atom is 0.292 e. The minimum atomic E-state index is -0.386. The molecule has 6 heteroatoms. The number of amides is 1. The van der Waals surface area contributed by atoms with E-state index in [0.29, 0.717) is 27.2 Å². The number of hydrogen-bond acceptors (Lipinski definition) is 3. The van der Waals surface area contributed by atoms with Crippen molar-refractivity contribution in [2.45, 2.75) is 0 Å². The molecule has 0 aliphatic carbocycles. The second-order valence-corrected chi connectivity index (χ2v) is 5.30. The van der Waals surface area contributed by atoms with E-state index in [1.54, 1.807) is 54.7 Å². The van der Waals surface area contributed by atoms with Crippen molar-refractivity contribution in [2.24, 2.45) is 0 Å². The number of halogens is 2. The number of pyridine rings is 1. The van der Waals surface area contributed by atoms with Crippen molar-refractivity contribution < 1.29 is 9.21 Å². The van der Waals surface area contributed by atoms with Crippen LogP contribution in [0.2, 0.25) is 10.0 Å². The predicted octanol–water partition coefficient (Wildman–Crippen LogP) is 4.90. The molecular formula is C16H10Cl2N2O2. The molecule has 3 rings (SSSR count). The standard InChI is InChI=1S/C16H10Cl2N2O2/c17-10-4-5-12(18)11(9-10)13-6-7-14(22-13)16(21)20-15-3-1-2-8-19-15/h1-9H,(H,19,20,21). The van der Waals surface area contributed by atoms with E-state index in [2.05, 4.69) is 10.3 Å². The molecule has 1 amide bonds. The molecule has 0 radical (unpaired) electrons. The largest absolute Gasteiger partial charge is 0.451 e. The van der Waals surface area contributed by atoms with Gasteiger partial charge in [0.15, 0.2) is 5.76 Å². The minimum absolute atomic E-state index is 0.164. The van der Waals surface area contributed by atoms with Crippen LogP contribution in [0.3, 0.4) is 0 Å². The SMILES string of the molecule is O=C(Nc1ccccn1)c1ccc(-c2cc(Cl)ccc2Cl)o1. The van der Waals surface area contributed by atoms with Crippen molar-refractivity contribution in [3.05, 3.63) is 70.5 Å². The molecule has 110 valence electrons. The summed E-state index contributed by atoms with van der Waals surface area (Å²) in [6.45, 7) is 0. The summed E-state index contributed by atoms with van der Waals surface area (Å²) in [5.74, 6) is 0.699. The Labute approximate surface area is 136 Å². The molecule has 2 aromatic heterocycles. The van der Waals surface area contributed by atoms with Crippen LogP contribution >= 0.6 is 23.2 Å².